The Morgan fingerprint density at radius 3 is 1.86 bits per heavy atom. The van der Waals surface area contributed by atoms with Gasteiger partial charge < -0.3 is 18.9 Å². The van der Waals surface area contributed by atoms with Crippen LogP contribution in [0.4, 0.5) is 0 Å². The van der Waals surface area contributed by atoms with E-state index in [0.29, 0.717) is 17.0 Å². The van der Waals surface area contributed by atoms with Crippen molar-refractivity contribution in [3.8, 4) is 0 Å². The Morgan fingerprint density at radius 2 is 1.50 bits per heavy atom. The van der Waals surface area contributed by atoms with Crippen LogP contribution in [0.5, 0.6) is 0 Å². The lowest BCUT2D eigenvalue weighted by atomic mass is 10.0. The van der Waals surface area contributed by atoms with Gasteiger partial charge in [-0.15, -0.1) is 0 Å². The van der Waals surface area contributed by atoms with Crippen LogP contribution in [0, 0.1) is 0 Å². The molecular weight excluding hydrogens is 312 g/mol. The molecule has 7 heteroatoms. The lowest BCUT2D eigenvalue weighted by Crippen LogP contribution is -2.28. The van der Waals surface area contributed by atoms with E-state index in [0.717, 1.165) is 0 Å². The predicted octanol–water partition coefficient (Wildman–Crippen LogP) is 2.51. The molecule has 0 saturated carbocycles. The topological polar surface area (TPSA) is 71.1 Å². The van der Waals surface area contributed by atoms with E-state index in [2.05, 4.69) is 9.47 Å². The van der Waals surface area contributed by atoms with Crippen LogP contribution in [0.15, 0.2) is 35.8 Å². The Labute approximate surface area is 132 Å². The van der Waals surface area contributed by atoms with Crippen LogP contribution in [-0.4, -0.2) is 26.2 Å². The van der Waals surface area contributed by atoms with Gasteiger partial charge in [-0.25, -0.2) is 9.59 Å². The molecule has 1 aliphatic rings. The molecule has 0 saturated heterocycles. The van der Waals surface area contributed by atoms with E-state index in [1.165, 1.54) is 14.2 Å². The van der Waals surface area contributed by atoms with E-state index >= 15 is 0 Å². The quantitative estimate of drug-likeness (QED) is 0.792. The molecule has 0 aromatic heterocycles. The number of carbonyl (C=O) groups excluding carboxylic acids is 2. The van der Waals surface area contributed by atoms with E-state index in [4.69, 9.17) is 21.1 Å². The monoisotopic (exact) mass is 326 g/mol. The van der Waals surface area contributed by atoms with Gasteiger partial charge in [0.1, 0.15) is 0 Å². The second kappa shape index (κ2) is 6.27. The molecule has 0 atom stereocenters. The molecule has 0 N–H and O–H groups in total. The van der Waals surface area contributed by atoms with Crippen LogP contribution in [0.2, 0.25) is 5.02 Å². The fourth-order valence-corrected chi connectivity index (χ4v) is 2.19. The molecule has 0 bridgehead atoms. The van der Waals surface area contributed by atoms with Crippen LogP contribution in [0.1, 0.15) is 18.9 Å². The van der Waals surface area contributed by atoms with Gasteiger partial charge in [0.15, 0.2) is 0 Å². The highest BCUT2D eigenvalue weighted by molar-refractivity contribution is 6.30. The molecule has 0 unspecified atom stereocenters. The van der Waals surface area contributed by atoms with E-state index in [-0.39, 0.29) is 11.5 Å². The van der Waals surface area contributed by atoms with E-state index in [9.17, 15) is 9.59 Å². The highest BCUT2D eigenvalue weighted by Gasteiger charge is 2.48. The average molecular weight is 327 g/mol. The molecule has 2 rings (SSSR count). The van der Waals surface area contributed by atoms with Crippen molar-refractivity contribution in [2.75, 3.05) is 14.2 Å². The Balaban J connectivity index is 2.44. The summed E-state index contributed by atoms with van der Waals surface area (Å²) < 4.78 is 20.5. The summed E-state index contributed by atoms with van der Waals surface area (Å²) in [4.78, 5) is 23.6. The number of ether oxygens (including phenoxy) is 4. The van der Waals surface area contributed by atoms with Crippen molar-refractivity contribution in [2.45, 2.75) is 19.1 Å². The minimum Gasteiger partial charge on any atom is -0.463 e. The second-order valence-electron chi connectivity index (χ2n) is 4.46. The Hall–Kier alpha value is -2.21. The Morgan fingerprint density at radius 1 is 1.05 bits per heavy atom. The van der Waals surface area contributed by atoms with E-state index < -0.39 is 17.7 Å². The van der Waals surface area contributed by atoms with Gasteiger partial charge >= 0.3 is 11.9 Å². The molecule has 118 valence electrons. The SMILES string of the molecule is CCC1(c2ccc(Cl)cc2)OC(C(=O)OC)=C(C(=O)OC)O1. The maximum atomic E-state index is 11.8. The third kappa shape index (κ3) is 2.74. The summed E-state index contributed by atoms with van der Waals surface area (Å²) >= 11 is 5.87. The first-order chi connectivity index (χ1) is 10.5. The smallest absolute Gasteiger partial charge is 0.377 e. The summed E-state index contributed by atoms with van der Waals surface area (Å²) in [7, 11) is 2.36. The highest BCUT2D eigenvalue weighted by atomic mass is 35.5. The third-order valence-electron chi connectivity index (χ3n) is 3.23. The molecule has 1 aromatic rings. The van der Waals surface area contributed by atoms with Crippen LogP contribution in [0.25, 0.3) is 0 Å². The second-order valence-corrected chi connectivity index (χ2v) is 4.90. The molecule has 0 spiro atoms. The van der Waals surface area contributed by atoms with Crippen molar-refractivity contribution in [3.63, 3.8) is 0 Å². The van der Waals surface area contributed by atoms with Crippen molar-refractivity contribution < 1.29 is 28.5 Å². The highest BCUT2D eigenvalue weighted by Crippen LogP contribution is 2.42. The average Bonchev–Trinajstić information content (AvgIpc) is 2.95. The van der Waals surface area contributed by atoms with Crippen molar-refractivity contribution in [2.24, 2.45) is 0 Å². The summed E-state index contributed by atoms with van der Waals surface area (Å²) in [6.45, 7) is 1.80. The summed E-state index contributed by atoms with van der Waals surface area (Å²) in [6, 6.07) is 6.71. The molecule has 0 amide bonds. The molecule has 6 nitrogen and oxygen atoms in total. The number of hydrogen-bond donors (Lipinski definition) is 0. The number of halogens is 1. The predicted molar refractivity (Wildman–Crippen MR) is 76.6 cm³/mol. The number of esters is 2. The summed E-state index contributed by atoms with van der Waals surface area (Å²) in [5.74, 6) is -3.57. The standard InChI is InChI=1S/C15H15ClO6/c1-4-15(9-5-7-10(16)8-6-9)21-11(13(17)19-2)12(22-15)14(18)20-3/h5-8H,4H2,1-3H3. The van der Waals surface area contributed by atoms with E-state index in [1.54, 1.807) is 31.2 Å². The van der Waals surface area contributed by atoms with Gasteiger partial charge in [0, 0.05) is 17.0 Å². The summed E-state index contributed by atoms with van der Waals surface area (Å²) in [5, 5.41) is 0.544. The molecule has 1 heterocycles. The molecular formula is C15H15ClO6. The van der Waals surface area contributed by atoms with Crippen molar-refractivity contribution in [1.82, 2.24) is 0 Å². The first-order valence-corrected chi connectivity index (χ1v) is 6.90. The summed E-state index contributed by atoms with van der Waals surface area (Å²) in [5.41, 5.74) is 0.611. The van der Waals surface area contributed by atoms with Gasteiger partial charge in [-0.1, -0.05) is 18.5 Å². The number of benzene rings is 1. The van der Waals surface area contributed by atoms with Crippen molar-refractivity contribution in [3.05, 3.63) is 46.4 Å². The first-order valence-electron chi connectivity index (χ1n) is 6.52. The lowest BCUT2D eigenvalue weighted by Gasteiger charge is -2.27. The Kier molecular flexibility index (Phi) is 4.61. The zero-order valence-corrected chi connectivity index (χ0v) is 13.1. The van der Waals surface area contributed by atoms with E-state index in [1.807, 2.05) is 0 Å². The Bertz CT molecular complexity index is 591. The lowest BCUT2D eigenvalue weighted by molar-refractivity contribution is -0.179. The fourth-order valence-electron chi connectivity index (χ4n) is 2.07. The summed E-state index contributed by atoms with van der Waals surface area (Å²) in [6.07, 6.45) is 0.343. The van der Waals surface area contributed by atoms with Gasteiger partial charge in [0.2, 0.25) is 0 Å². The van der Waals surface area contributed by atoms with Crippen LogP contribution >= 0.6 is 11.6 Å². The molecule has 22 heavy (non-hydrogen) atoms. The van der Waals surface area contributed by atoms with Gasteiger partial charge in [-0.05, 0) is 24.3 Å². The maximum absolute atomic E-state index is 11.8. The van der Waals surface area contributed by atoms with Crippen molar-refractivity contribution in [1.29, 1.82) is 0 Å². The minimum absolute atomic E-state index is 0.314. The first kappa shape index (κ1) is 16.2. The number of carbonyl (C=O) groups is 2. The number of hydrogen-bond acceptors (Lipinski definition) is 6. The third-order valence-corrected chi connectivity index (χ3v) is 3.48. The van der Waals surface area contributed by atoms with Crippen LogP contribution < -0.4 is 0 Å². The largest absolute Gasteiger partial charge is 0.463 e. The zero-order valence-electron chi connectivity index (χ0n) is 12.3. The van der Waals surface area contributed by atoms with Crippen LogP contribution in [0.3, 0.4) is 0 Å². The maximum Gasteiger partial charge on any atom is 0.377 e. The number of rotatable bonds is 4. The van der Waals surface area contributed by atoms with Crippen LogP contribution in [-0.2, 0) is 34.3 Å². The normalized spacial score (nSPS) is 15.8. The molecule has 0 aliphatic carbocycles. The molecule has 1 aliphatic heterocycles. The molecule has 1 aromatic carbocycles. The number of methoxy groups -OCH3 is 2. The molecule has 0 radical (unpaired) electrons. The van der Waals surface area contributed by atoms with Gasteiger partial charge in [-0.3, -0.25) is 0 Å². The minimum atomic E-state index is -1.31. The fraction of sp³-hybridized carbons (Fsp3) is 0.333. The van der Waals surface area contributed by atoms with Gasteiger partial charge in [0.05, 0.1) is 14.2 Å². The van der Waals surface area contributed by atoms with Gasteiger partial charge in [-0.2, -0.15) is 0 Å². The van der Waals surface area contributed by atoms with Gasteiger partial charge in [0.25, 0.3) is 17.3 Å². The van der Waals surface area contributed by atoms with Crippen molar-refractivity contribution >= 4 is 23.5 Å². The molecule has 0 fully saturated rings. The zero-order chi connectivity index (χ0) is 16.3.